The first-order valence-electron chi connectivity index (χ1n) is 5.64. The van der Waals surface area contributed by atoms with Gasteiger partial charge in [0.1, 0.15) is 12.4 Å². The van der Waals surface area contributed by atoms with Crippen LogP contribution in [-0.2, 0) is 11.3 Å². The summed E-state index contributed by atoms with van der Waals surface area (Å²) < 4.78 is 1.12. The predicted molar refractivity (Wildman–Crippen MR) is 66.5 cm³/mol. The number of carbonyl (C=O) groups excluding carboxylic acids is 1. The molecule has 1 atom stereocenters. The van der Waals surface area contributed by atoms with Crippen LogP contribution >= 0.6 is 0 Å². The number of nitrogens with one attached hydrogen (secondary N) is 3. The van der Waals surface area contributed by atoms with Gasteiger partial charge in [0.2, 0.25) is 5.91 Å². The van der Waals surface area contributed by atoms with E-state index in [0.29, 0.717) is 5.82 Å². The van der Waals surface area contributed by atoms with E-state index in [1.54, 1.807) is 19.3 Å². The molecular weight excluding hydrogens is 250 g/mol. The molecule has 8 heteroatoms. The molecule has 0 saturated carbocycles. The summed E-state index contributed by atoms with van der Waals surface area (Å²) in [6.45, 7) is 1.60. The quantitative estimate of drug-likeness (QED) is 0.666. The number of H-pyrrole nitrogens is 2. The maximum atomic E-state index is 11.8. The lowest BCUT2D eigenvalue weighted by Crippen LogP contribution is -2.36. The van der Waals surface area contributed by atoms with E-state index in [9.17, 15) is 14.4 Å². The number of amides is 1. The fourth-order valence-corrected chi connectivity index (χ4v) is 1.59. The molecule has 0 aliphatic carbocycles. The highest BCUT2D eigenvalue weighted by atomic mass is 16.2. The average Bonchev–Trinajstić information content (AvgIpc) is 2.86. The lowest BCUT2D eigenvalue weighted by atomic mass is 10.3. The van der Waals surface area contributed by atoms with E-state index in [1.807, 2.05) is 0 Å². The highest BCUT2D eigenvalue weighted by molar-refractivity contribution is 5.76. The summed E-state index contributed by atoms with van der Waals surface area (Å²) in [4.78, 5) is 43.0. The van der Waals surface area contributed by atoms with Crippen molar-refractivity contribution in [2.75, 3.05) is 0 Å². The molecule has 1 unspecified atom stereocenters. The van der Waals surface area contributed by atoms with Crippen LogP contribution in [0.3, 0.4) is 0 Å². The predicted octanol–water partition coefficient (Wildman–Crippen LogP) is -0.863. The largest absolute Gasteiger partial charge is 0.347 e. The van der Waals surface area contributed by atoms with Crippen LogP contribution in [0, 0.1) is 0 Å². The molecule has 0 saturated heterocycles. The van der Waals surface area contributed by atoms with Crippen LogP contribution in [0.2, 0.25) is 0 Å². The van der Waals surface area contributed by atoms with Gasteiger partial charge in [-0.15, -0.1) is 0 Å². The SMILES string of the molecule is CC(NC(=O)Cn1ccc(=O)[nH]c1=O)c1ncc[nH]1. The van der Waals surface area contributed by atoms with Gasteiger partial charge in [-0.25, -0.2) is 9.78 Å². The topological polar surface area (TPSA) is 113 Å². The number of aromatic nitrogens is 4. The Bertz CT molecular complexity index is 670. The Morgan fingerprint density at radius 1 is 1.53 bits per heavy atom. The molecule has 0 fully saturated rings. The molecule has 0 aromatic carbocycles. The molecule has 2 aromatic heterocycles. The molecule has 0 aliphatic rings. The summed E-state index contributed by atoms with van der Waals surface area (Å²) in [5.41, 5.74) is -1.11. The van der Waals surface area contributed by atoms with Crippen LogP contribution in [0.5, 0.6) is 0 Å². The van der Waals surface area contributed by atoms with Gasteiger partial charge in [-0.2, -0.15) is 0 Å². The number of rotatable bonds is 4. The van der Waals surface area contributed by atoms with Gasteiger partial charge in [-0.3, -0.25) is 19.1 Å². The number of aromatic amines is 2. The lowest BCUT2D eigenvalue weighted by molar-refractivity contribution is -0.122. The van der Waals surface area contributed by atoms with Gasteiger partial charge in [0, 0.05) is 24.7 Å². The van der Waals surface area contributed by atoms with E-state index < -0.39 is 11.2 Å². The van der Waals surface area contributed by atoms with Gasteiger partial charge in [0.05, 0.1) is 6.04 Å². The number of imidazole rings is 1. The van der Waals surface area contributed by atoms with Crippen molar-refractivity contribution in [3.05, 3.63) is 51.3 Å². The molecule has 1 amide bonds. The van der Waals surface area contributed by atoms with Crippen LogP contribution in [0.25, 0.3) is 0 Å². The van der Waals surface area contributed by atoms with Crippen LogP contribution < -0.4 is 16.6 Å². The molecule has 19 heavy (non-hydrogen) atoms. The zero-order chi connectivity index (χ0) is 13.8. The van der Waals surface area contributed by atoms with E-state index in [4.69, 9.17) is 0 Å². The Morgan fingerprint density at radius 2 is 2.32 bits per heavy atom. The van der Waals surface area contributed by atoms with Crippen molar-refractivity contribution in [3.8, 4) is 0 Å². The maximum absolute atomic E-state index is 11.8. The third-order valence-corrected chi connectivity index (χ3v) is 2.52. The van der Waals surface area contributed by atoms with E-state index >= 15 is 0 Å². The number of carbonyl (C=O) groups is 1. The zero-order valence-corrected chi connectivity index (χ0v) is 10.2. The van der Waals surface area contributed by atoms with Gasteiger partial charge in [-0.05, 0) is 6.92 Å². The highest BCUT2D eigenvalue weighted by Crippen LogP contribution is 2.04. The minimum Gasteiger partial charge on any atom is -0.347 e. The molecule has 3 N–H and O–H groups in total. The smallest absolute Gasteiger partial charge is 0.328 e. The van der Waals surface area contributed by atoms with Gasteiger partial charge in [0.25, 0.3) is 5.56 Å². The van der Waals surface area contributed by atoms with Crippen LogP contribution in [0.15, 0.2) is 34.2 Å². The fraction of sp³-hybridized carbons (Fsp3) is 0.273. The minimum atomic E-state index is -0.617. The molecule has 0 spiro atoms. The lowest BCUT2D eigenvalue weighted by Gasteiger charge is -2.12. The minimum absolute atomic E-state index is 0.166. The summed E-state index contributed by atoms with van der Waals surface area (Å²) in [7, 11) is 0. The van der Waals surface area contributed by atoms with Crippen molar-refractivity contribution in [2.24, 2.45) is 0 Å². The molecule has 2 heterocycles. The molecule has 0 aliphatic heterocycles. The van der Waals surface area contributed by atoms with Gasteiger partial charge < -0.3 is 10.3 Å². The average molecular weight is 263 g/mol. The van der Waals surface area contributed by atoms with E-state index in [2.05, 4.69) is 20.3 Å². The van der Waals surface area contributed by atoms with Crippen molar-refractivity contribution >= 4 is 5.91 Å². The second-order valence-corrected chi connectivity index (χ2v) is 4.00. The summed E-state index contributed by atoms with van der Waals surface area (Å²) in [6.07, 6.45) is 4.52. The Kier molecular flexibility index (Phi) is 3.60. The monoisotopic (exact) mass is 263 g/mol. The Labute approximate surface area is 107 Å². The van der Waals surface area contributed by atoms with Crippen molar-refractivity contribution in [1.29, 1.82) is 0 Å². The molecule has 0 bridgehead atoms. The van der Waals surface area contributed by atoms with Gasteiger partial charge in [0.15, 0.2) is 0 Å². The third-order valence-electron chi connectivity index (χ3n) is 2.52. The Hall–Kier alpha value is -2.64. The molecular formula is C11H13N5O3. The standard InChI is InChI=1S/C11H13N5O3/c1-7(10-12-3-4-13-10)14-9(18)6-16-5-2-8(17)15-11(16)19/h2-5,7H,6H2,1H3,(H,12,13)(H,14,18)(H,15,17,19). The second kappa shape index (κ2) is 5.34. The normalized spacial score (nSPS) is 12.1. The van der Waals surface area contributed by atoms with Crippen molar-refractivity contribution in [2.45, 2.75) is 19.5 Å². The number of hydrogen-bond acceptors (Lipinski definition) is 4. The Morgan fingerprint density at radius 3 is 2.95 bits per heavy atom. The second-order valence-electron chi connectivity index (χ2n) is 4.00. The molecule has 2 aromatic rings. The first-order chi connectivity index (χ1) is 9.06. The first kappa shape index (κ1) is 12.8. The number of nitrogens with zero attached hydrogens (tertiary/aromatic N) is 2. The van der Waals surface area contributed by atoms with Crippen molar-refractivity contribution in [3.63, 3.8) is 0 Å². The molecule has 2 rings (SSSR count). The van der Waals surface area contributed by atoms with Crippen molar-refractivity contribution < 1.29 is 4.79 Å². The Balaban J connectivity index is 2.02. The highest BCUT2D eigenvalue weighted by Gasteiger charge is 2.12. The van der Waals surface area contributed by atoms with Gasteiger partial charge in [-0.1, -0.05) is 0 Å². The van der Waals surface area contributed by atoms with E-state index in [-0.39, 0.29) is 18.5 Å². The van der Waals surface area contributed by atoms with Gasteiger partial charge >= 0.3 is 5.69 Å². The van der Waals surface area contributed by atoms with Crippen LogP contribution in [0.4, 0.5) is 0 Å². The number of hydrogen-bond donors (Lipinski definition) is 3. The summed E-state index contributed by atoms with van der Waals surface area (Å²) in [6, 6.07) is 0.894. The van der Waals surface area contributed by atoms with E-state index in [0.717, 1.165) is 4.57 Å². The summed E-state index contributed by atoms with van der Waals surface area (Å²) >= 11 is 0. The maximum Gasteiger partial charge on any atom is 0.328 e. The van der Waals surface area contributed by atoms with Crippen LogP contribution in [0.1, 0.15) is 18.8 Å². The van der Waals surface area contributed by atoms with E-state index in [1.165, 1.54) is 12.3 Å². The first-order valence-corrected chi connectivity index (χ1v) is 5.64. The fourth-order valence-electron chi connectivity index (χ4n) is 1.59. The molecule has 100 valence electrons. The van der Waals surface area contributed by atoms with Crippen LogP contribution in [-0.4, -0.2) is 25.4 Å². The molecule has 8 nitrogen and oxygen atoms in total. The molecule has 0 radical (unpaired) electrons. The zero-order valence-electron chi connectivity index (χ0n) is 10.2. The summed E-state index contributed by atoms with van der Waals surface area (Å²) in [5, 5.41) is 2.69. The third kappa shape index (κ3) is 3.18. The summed E-state index contributed by atoms with van der Waals surface area (Å²) in [5.74, 6) is 0.278. The van der Waals surface area contributed by atoms with Crippen molar-refractivity contribution in [1.82, 2.24) is 24.8 Å².